The van der Waals surface area contributed by atoms with E-state index in [2.05, 4.69) is 10.1 Å². The Labute approximate surface area is 131 Å². The molecule has 21 heavy (non-hydrogen) atoms. The highest BCUT2D eigenvalue weighted by molar-refractivity contribution is 6.35. The van der Waals surface area contributed by atoms with Crippen LogP contribution < -0.4 is 5.73 Å². The summed E-state index contributed by atoms with van der Waals surface area (Å²) in [7, 11) is 0. The van der Waals surface area contributed by atoms with Crippen molar-refractivity contribution in [1.29, 1.82) is 0 Å². The smallest absolute Gasteiger partial charge is 0.223 e. The quantitative estimate of drug-likeness (QED) is 0.871. The molecule has 8 heteroatoms. The predicted octanol–water partition coefficient (Wildman–Crippen LogP) is 1.59. The molecular formula is C13H14Cl2N4O2. The van der Waals surface area contributed by atoms with Crippen LogP contribution in [0.4, 0.5) is 0 Å². The van der Waals surface area contributed by atoms with E-state index in [1.807, 2.05) is 0 Å². The molecule has 0 aliphatic carbocycles. The van der Waals surface area contributed by atoms with Gasteiger partial charge in [-0.05, 0) is 12.1 Å². The number of nitrogens with zero attached hydrogens (tertiary/aromatic N) is 3. The third kappa shape index (κ3) is 3.18. The Hall–Kier alpha value is -1.63. The van der Waals surface area contributed by atoms with E-state index in [0.29, 0.717) is 10.6 Å². The first-order chi connectivity index (χ1) is 9.84. The average molecular weight is 329 g/mol. The van der Waals surface area contributed by atoms with Crippen LogP contribution in [0.2, 0.25) is 10.0 Å². The topological polar surface area (TPSA) is 94.0 Å². The molecule has 2 aromatic rings. The number of benzene rings is 1. The fourth-order valence-electron chi connectivity index (χ4n) is 2.09. The Kier molecular flexibility index (Phi) is 4.51. The van der Waals surface area contributed by atoms with Crippen LogP contribution in [0.15, 0.2) is 30.9 Å². The standard InChI is InChI=1S/C13H14Cl2N4O2/c1-8(12(16)20)13(21,5-19-7-17-6-18-19)10-3-2-9(14)4-11(10)15/h2-4,6-8,21H,5H2,1H3,(H2,16,20)/t8-,13+/m1/s1. The molecule has 0 bridgehead atoms. The van der Waals surface area contributed by atoms with Crippen molar-refractivity contribution in [2.24, 2.45) is 11.7 Å². The minimum atomic E-state index is -1.62. The first-order valence-corrected chi connectivity index (χ1v) is 6.90. The van der Waals surface area contributed by atoms with Gasteiger partial charge < -0.3 is 10.8 Å². The second kappa shape index (κ2) is 6.01. The number of hydrogen-bond acceptors (Lipinski definition) is 4. The van der Waals surface area contributed by atoms with E-state index in [1.54, 1.807) is 12.1 Å². The third-order valence-corrected chi connectivity index (χ3v) is 3.96. The van der Waals surface area contributed by atoms with Gasteiger partial charge in [-0.25, -0.2) is 9.67 Å². The largest absolute Gasteiger partial charge is 0.382 e. The Morgan fingerprint density at radius 1 is 1.52 bits per heavy atom. The lowest BCUT2D eigenvalue weighted by Gasteiger charge is -2.33. The van der Waals surface area contributed by atoms with Gasteiger partial charge >= 0.3 is 0 Å². The minimum absolute atomic E-state index is 0.0154. The summed E-state index contributed by atoms with van der Waals surface area (Å²) >= 11 is 12.0. The number of carbonyl (C=O) groups is 1. The van der Waals surface area contributed by atoms with E-state index in [0.717, 1.165) is 0 Å². The summed E-state index contributed by atoms with van der Waals surface area (Å²) in [5.74, 6) is -1.54. The molecule has 3 N–H and O–H groups in total. The first kappa shape index (κ1) is 15.8. The van der Waals surface area contributed by atoms with Crippen molar-refractivity contribution in [2.45, 2.75) is 19.1 Å². The lowest BCUT2D eigenvalue weighted by atomic mass is 9.81. The molecule has 0 unspecified atom stereocenters. The molecule has 2 atom stereocenters. The van der Waals surface area contributed by atoms with Crippen molar-refractivity contribution in [2.75, 3.05) is 0 Å². The zero-order chi connectivity index (χ0) is 15.6. The maximum atomic E-state index is 11.6. The van der Waals surface area contributed by atoms with Crippen LogP contribution in [-0.2, 0) is 16.9 Å². The van der Waals surface area contributed by atoms with Gasteiger partial charge in [0.25, 0.3) is 0 Å². The number of aliphatic hydroxyl groups is 1. The highest BCUT2D eigenvalue weighted by Crippen LogP contribution is 2.37. The van der Waals surface area contributed by atoms with Gasteiger partial charge in [0.15, 0.2) is 0 Å². The monoisotopic (exact) mass is 328 g/mol. The Bertz CT molecular complexity index is 648. The van der Waals surface area contributed by atoms with Crippen LogP contribution in [0.25, 0.3) is 0 Å². The van der Waals surface area contributed by atoms with Crippen LogP contribution in [0.5, 0.6) is 0 Å². The van der Waals surface area contributed by atoms with Crippen molar-refractivity contribution in [3.63, 3.8) is 0 Å². The molecule has 1 heterocycles. The Balaban J connectivity index is 2.51. The highest BCUT2D eigenvalue weighted by atomic mass is 35.5. The number of halogens is 2. The van der Waals surface area contributed by atoms with Crippen molar-refractivity contribution < 1.29 is 9.90 Å². The van der Waals surface area contributed by atoms with Gasteiger partial charge in [0.05, 0.1) is 12.5 Å². The van der Waals surface area contributed by atoms with E-state index in [4.69, 9.17) is 28.9 Å². The summed E-state index contributed by atoms with van der Waals surface area (Å²) in [4.78, 5) is 15.4. The number of primary amides is 1. The number of aromatic nitrogens is 3. The summed E-state index contributed by atoms with van der Waals surface area (Å²) in [6, 6.07) is 4.66. The number of hydrogen-bond donors (Lipinski definition) is 2. The molecule has 0 aliphatic heterocycles. The Morgan fingerprint density at radius 3 is 2.76 bits per heavy atom. The molecule has 1 aromatic heterocycles. The van der Waals surface area contributed by atoms with Crippen LogP contribution >= 0.6 is 23.2 Å². The van der Waals surface area contributed by atoms with Crippen molar-refractivity contribution >= 4 is 29.1 Å². The van der Waals surface area contributed by atoms with Crippen molar-refractivity contribution in [1.82, 2.24) is 14.8 Å². The van der Waals surface area contributed by atoms with Gasteiger partial charge in [0.1, 0.15) is 18.3 Å². The maximum absolute atomic E-state index is 11.6. The highest BCUT2D eigenvalue weighted by Gasteiger charge is 2.41. The zero-order valence-corrected chi connectivity index (χ0v) is 12.7. The van der Waals surface area contributed by atoms with E-state index in [-0.39, 0.29) is 11.6 Å². The SMILES string of the molecule is C[C@H](C(N)=O)[C@@](O)(Cn1cncn1)c1ccc(Cl)cc1Cl. The fraction of sp³-hybridized carbons (Fsp3) is 0.308. The van der Waals surface area contributed by atoms with E-state index >= 15 is 0 Å². The number of amides is 1. The normalized spacial score (nSPS) is 15.4. The van der Waals surface area contributed by atoms with E-state index in [9.17, 15) is 9.90 Å². The lowest BCUT2D eigenvalue weighted by Crippen LogP contribution is -2.44. The molecule has 0 fully saturated rings. The molecule has 112 valence electrons. The van der Waals surface area contributed by atoms with Crippen LogP contribution in [0.3, 0.4) is 0 Å². The lowest BCUT2D eigenvalue weighted by molar-refractivity contribution is -0.132. The van der Waals surface area contributed by atoms with Gasteiger partial charge in [0, 0.05) is 15.6 Å². The molecule has 2 rings (SSSR count). The summed E-state index contributed by atoms with van der Waals surface area (Å²) in [6.45, 7) is 1.52. The molecule has 1 aromatic carbocycles. The molecule has 6 nitrogen and oxygen atoms in total. The van der Waals surface area contributed by atoms with Crippen LogP contribution in [0, 0.1) is 5.92 Å². The van der Waals surface area contributed by atoms with Gasteiger partial charge in [-0.3, -0.25) is 4.79 Å². The van der Waals surface area contributed by atoms with Crippen molar-refractivity contribution in [3.8, 4) is 0 Å². The number of rotatable bonds is 5. The second-order valence-electron chi connectivity index (χ2n) is 4.77. The molecule has 0 spiro atoms. The average Bonchev–Trinajstić information content (AvgIpc) is 2.89. The summed E-state index contributed by atoms with van der Waals surface area (Å²) in [5, 5.41) is 15.7. The van der Waals surface area contributed by atoms with Gasteiger partial charge in [-0.1, -0.05) is 36.2 Å². The van der Waals surface area contributed by atoms with Gasteiger partial charge in [-0.15, -0.1) is 0 Å². The third-order valence-electron chi connectivity index (χ3n) is 3.41. The minimum Gasteiger partial charge on any atom is -0.382 e. The molecular weight excluding hydrogens is 315 g/mol. The summed E-state index contributed by atoms with van der Waals surface area (Å²) in [5.41, 5.74) is 4.09. The fourth-order valence-corrected chi connectivity index (χ4v) is 2.66. The summed E-state index contributed by atoms with van der Waals surface area (Å²) in [6.07, 6.45) is 2.77. The number of carbonyl (C=O) groups excluding carboxylic acids is 1. The van der Waals surface area contributed by atoms with E-state index in [1.165, 1.54) is 30.3 Å². The summed E-state index contributed by atoms with van der Waals surface area (Å²) < 4.78 is 1.41. The molecule has 0 saturated heterocycles. The van der Waals surface area contributed by atoms with E-state index < -0.39 is 17.4 Å². The van der Waals surface area contributed by atoms with Crippen LogP contribution in [-0.4, -0.2) is 25.8 Å². The van der Waals surface area contributed by atoms with Crippen molar-refractivity contribution in [3.05, 3.63) is 46.5 Å². The molecule has 0 saturated carbocycles. The number of nitrogens with two attached hydrogens (primary N) is 1. The zero-order valence-electron chi connectivity index (χ0n) is 11.2. The first-order valence-electron chi connectivity index (χ1n) is 6.14. The van der Waals surface area contributed by atoms with Gasteiger partial charge in [0.2, 0.25) is 5.91 Å². The second-order valence-corrected chi connectivity index (χ2v) is 5.61. The molecule has 0 radical (unpaired) electrons. The molecule has 1 amide bonds. The predicted molar refractivity (Wildman–Crippen MR) is 78.7 cm³/mol. The maximum Gasteiger partial charge on any atom is 0.223 e. The van der Waals surface area contributed by atoms with Crippen LogP contribution in [0.1, 0.15) is 12.5 Å². The molecule has 0 aliphatic rings. The van der Waals surface area contributed by atoms with Gasteiger partial charge in [-0.2, -0.15) is 5.10 Å². The Morgan fingerprint density at radius 2 is 2.24 bits per heavy atom.